The maximum absolute atomic E-state index is 11.8. The van der Waals surface area contributed by atoms with E-state index in [1.54, 1.807) is 6.92 Å². The number of carbonyl (C=O) groups excluding carboxylic acids is 3. The number of aliphatic imine (C=N–C) groups is 1. The highest BCUT2D eigenvalue weighted by Crippen LogP contribution is 2.06. The number of nitrogens with one attached hydrogen (secondary N) is 2. The lowest BCUT2D eigenvalue weighted by atomic mass is 10.1. The molecule has 0 saturated carbocycles. The van der Waals surface area contributed by atoms with Gasteiger partial charge in [0, 0.05) is 6.54 Å². The van der Waals surface area contributed by atoms with Gasteiger partial charge in [0.05, 0.1) is 13.7 Å². The van der Waals surface area contributed by atoms with Crippen molar-refractivity contribution in [2.75, 3.05) is 7.11 Å². The van der Waals surface area contributed by atoms with Gasteiger partial charge in [-0.05, 0) is 17.5 Å². The standard InChI is InChI=1S/C15H19N3O4/c1-3-13(14(20)22-2)18-15(21)17-9-12-6-4-5-11(7-12)8-16-10-19/h4-7,13H,3,8-9H2,1-2H3,(H2,17,18,21). The number of ether oxygens (including phenoxy) is 1. The van der Waals surface area contributed by atoms with Crippen LogP contribution in [0.15, 0.2) is 29.3 Å². The second kappa shape index (κ2) is 9.31. The number of methoxy groups -OCH3 is 1. The molecule has 0 fully saturated rings. The molecule has 0 heterocycles. The number of hydrogen-bond donors (Lipinski definition) is 2. The Morgan fingerprint density at radius 3 is 2.73 bits per heavy atom. The zero-order valence-corrected chi connectivity index (χ0v) is 12.6. The minimum Gasteiger partial charge on any atom is -0.467 e. The van der Waals surface area contributed by atoms with E-state index in [0.29, 0.717) is 13.0 Å². The fourth-order valence-electron chi connectivity index (χ4n) is 1.82. The van der Waals surface area contributed by atoms with Crippen molar-refractivity contribution >= 4 is 18.1 Å². The molecule has 0 spiro atoms. The molecular formula is C15H19N3O4. The summed E-state index contributed by atoms with van der Waals surface area (Å²) < 4.78 is 4.60. The molecule has 22 heavy (non-hydrogen) atoms. The number of esters is 1. The Bertz CT molecular complexity index is 568. The van der Waals surface area contributed by atoms with Gasteiger partial charge in [-0.3, -0.25) is 0 Å². The SMILES string of the molecule is CCC(NC(=O)NCc1cccc(CN=C=O)c1)C(=O)OC. The maximum atomic E-state index is 11.8. The van der Waals surface area contributed by atoms with Crippen LogP contribution >= 0.6 is 0 Å². The largest absolute Gasteiger partial charge is 0.467 e. The molecule has 2 N–H and O–H groups in total. The molecule has 0 aliphatic rings. The Labute approximate surface area is 128 Å². The zero-order valence-electron chi connectivity index (χ0n) is 12.6. The predicted molar refractivity (Wildman–Crippen MR) is 79.7 cm³/mol. The van der Waals surface area contributed by atoms with Gasteiger partial charge >= 0.3 is 12.0 Å². The number of nitrogens with zero attached hydrogens (tertiary/aromatic N) is 1. The highest BCUT2D eigenvalue weighted by atomic mass is 16.5. The molecule has 1 aromatic carbocycles. The Kier molecular flexibility index (Phi) is 7.36. The number of benzene rings is 1. The Morgan fingerprint density at radius 2 is 2.09 bits per heavy atom. The van der Waals surface area contributed by atoms with E-state index >= 15 is 0 Å². The molecule has 0 radical (unpaired) electrons. The molecule has 0 aliphatic carbocycles. The van der Waals surface area contributed by atoms with Crippen LogP contribution in [0.5, 0.6) is 0 Å². The number of rotatable bonds is 7. The maximum Gasteiger partial charge on any atom is 0.328 e. The molecule has 0 saturated heterocycles. The summed E-state index contributed by atoms with van der Waals surface area (Å²) in [6.45, 7) is 2.32. The monoisotopic (exact) mass is 305 g/mol. The molecule has 1 unspecified atom stereocenters. The van der Waals surface area contributed by atoms with Crippen LogP contribution in [0.25, 0.3) is 0 Å². The van der Waals surface area contributed by atoms with Crippen molar-refractivity contribution in [3.63, 3.8) is 0 Å². The first-order valence-electron chi connectivity index (χ1n) is 6.84. The van der Waals surface area contributed by atoms with Crippen molar-refractivity contribution in [2.45, 2.75) is 32.5 Å². The average molecular weight is 305 g/mol. The molecule has 0 aliphatic heterocycles. The minimum atomic E-state index is -0.668. The van der Waals surface area contributed by atoms with E-state index in [-0.39, 0.29) is 6.54 Å². The van der Waals surface area contributed by atoms with Crippen molar-refractivity contribution in [3.8, 4) is 0 Å². The van der Waals surface area contributed by atoms with Crippen LogP contribution in [-0.2, 0) is 27.4 Å². The molecule has 7 nitrogen and oxygen atoms in total. The Morgan fingerprint density at radius 1 is 1.36 bits per heavy atom. The summed E-state index contributed by atoms with van der Waals surface area (Å²) in [7, 11) is 1.28. The third kappa shape index (κ3) is 5.76. The summed E-state index contributed by atoms with van der Waals surface area (Å²) in [4.78, 5) is 36.7. The van der Waals surface area contributed by atoms with Crippen LogP contribution in [0.3, 0.4) is 0 Å². The van der Waals surface area contributed by atoms with Crippen LogP contribution in [0.1, 0.15) is 24.5 Å². The van der Waals surface area contributed by atoms with E-state index in [9.17, 15) is 14.4 Å². The van der Waals surface area contributed by atoms with Crippen molar-refractivity contribution in [3.05, 3.63) is 35.4 Å². The van der Waals surface area contributed by atoms with E-state index in [4.69, 9.17) is 0 Å². The van der Waals surface area contributed by atoms with Gasteiger partial charge in [0.2, 0.25) is 6.08 Å². The first-order valence-corrected chi connectivity index (χ1v) is 6.84. The smallest absolute Gasteiger partial charge is 0.328 e. The summed E-state index contributed by atoms with van der Waals surface area (Å²) in [5.74, 6) is -0.480. The van der Waals surface area contributed by atoms with Crippen molar-refractivity contribution < 1.29 is 19.1 Å². The molecule has 1 aromatic rings. The molecule has 118 valence electrons. The van der Waals surface area contributed by atoms with Crippen LogP contribution in [0, 0.1) is 0 Å². The van der Waals surface area contributed by atoms with Gasteiger partial charge in [-0.25, -0.2) is 19.4 Å². The highest BCUT2D eigenvalue weighted by molar-refractivity contribution is 5.83. The lowest BCUT2D eigenvalue weighted by Gasteiger charge is -2.15. The molecular weight excluding hydrogens is 286 g/mol. The number of hydrogen-bond acceptors (Lipinski definition) is 5. The number of urea groups is 1. The van der Waals surface area contributed by atoms with Crippen LogP contribution < -0.4 is 10.6 Å². The normalized spacial score (nSPS) is 11.0. The third-order valence-corrected chi connectivity index (χ3v) is 2.97. The third-order valence-electron chi connectivity index (χ3n) is 2.97. The zero-order chi connectivity index (χ0) is 16.4. The molecule has 7 heteroatoms. The number of carbonyl (C=O) groups is 2. The van der Waals surface area contributed by atoms with Crippen LogP contribution in [0.4, 0.5) is 4.79 Å². The molecule has 1 atom stereocenters. The summed E-state index contributed by atoms with van der Waals surface area (Å²) in [6, 6.07) is 6.19. The molecule has 1 rings (SSSR count). The predicted octanol–water partition coefficient (Wildman–Crippen LogP) is 1.27. The van der Waals surface area contributed by atoms with E-state index in [1.165, 1.54) is 13.2 Å². The summed E-state index contributed by atoms with van der Waals surface area (Å²) in [5.41, 5.74) is 1.71. The van der Waals surface area contributed by atoms with E-state index in [0.717, 1.165) is 11.1 Å². The lowest BCUT2D eigenvalue weighted by molar-refractivity contribution is -0.142. The topological polar surface area (TPSA) is 96.9 Å². The minimum absolute atomic E-state index is 0.254. The van der Waals surface area contributed by atoms with Gasteiger partial charge < -0.3 is 15.4 Å². The number of amides is 2. The fraction of sp³-hybridized carbons (Fsp3) is 0.400. The van der Waals surface area contributed by atoms with Crippen molar-refractivity contribution in [1.82, 2.24) is 10.6 Å². The first kappa shape index (κ1) is 17.4. The first-order chi connectivity index (χ1) is 10.6. The quantitative estimate of drug-likeness (QED) is 0.450. The van der Waals surface area contributed by atoms with Gasteiger partial charge in [0.1, 0.15) is 6.04 Å². The summed E-state index contributed by atoms with van der Waals surface area (Å²) >= 11 is 0. The van der Waals surface area contributed by atoms with Gasteiger partial charge in [0.25, 0.3) is 0 Å². The van der Waals surface area contributed by atoms with Gasteiger partial charge in [0.15, 0.2) is 0 Å². The Balaban J connectivity index is 2.53. The van der Waals surface area contributed by atoms with E-state index < -0.39 is 18.0 Å². The van der Waals surface area contributed by atoms with Crippen LogP contribution in [-0.4, -0.2) is 31.2 Å². The lowest BCUT2D eigenvalue weighted by Crippen LogP contribution is -2.45. The van der Waals surface area contributed by atoms with E-state index in [2.05, 4.69) is 20.4 Å². The van der Waals surface area contributed by atoms with Crippen molar-refractivity contribution in [2.24, 2.45) is 4.99 Å². The van der Waals surface area contributed by atoms with Gasteiger partial charge in [-0.1, -0.05) is 31.2 Å². The van der Waals surface area contributed by atoms with E-state index in [1.807, 2.05) is 24.3 Å². The molecule has 0 bridgehead atoms. The Hall–Kier alpha value is -2.66. The number of isocyanates is 1. The fourth-order valence-corrected chi connectivity index (χ4v) is 1.82. The van der Waals surface area contributed by atoms with Crippen molar-refractivity contribution in [1.29, 1.82) is 0 Å². The highest BCUT2D eigenvalue weighted by Gasteiger charge is 2.18. The molecule has 0 aromatic heterocycles. The van der Waals surface area contributed by atoms with Gasteiger partial charge in [-0.2, -0.15) is 0 Å². The second-order valence-corrected chi connectivity index (χ2v) is 4.54. The summed E-state index contributed by atoms with van der Waals surface area (Å²) in [5, 5.41) is 5.20. The second-order valence-electron chi connectivity index (χ2n) is 4.54. The van der Waals surface area contributed by atoms with Crippen LogP contribution in [0.2, 0.25) is 0 Å². The molecule has 2 amide bonds. The summed E-state index contributed by atoms with van der Waals surface area (Å²) in [6.07, 6.45) is 1.93. The van der Waals surface area contributed by atoms with Gasteiger partial charge in [-0.15, -0.1) is 0 Å². The average Bonchev–Trinajstić information content (AvgIpc) is 2.55.